The maximum atomic E-state index is 13.2. The van der Waals surface area contributed by atoms with E-state index in [4.69, 9.17) is 0 Å². The summed E-state index contributed by atoms with van der Waals surface area (Å²) < 4.78 is 71.2. The predicted octanol–water partition coefficient (Wildman–Crippen LogP) is 4.73. The van der Waals surface area contributed by atoms with Gasteiger partial charge in [0.05, 0.1) is 0 Å². The molecule has 0 aromatic carbocycles. The lowest BCUT2D eigenvalue weighted by Gasteiger charge is -2.29. The predicted molar refractivity (Wildman–Crippen MR) is 89.0 cm³/mol. The fraction of sp³-hybridized carbons (Fsp3) is 0.867. The largest absolute Gasteiger partial charge is 0.461 e. The molecule has 5 nitrogen and oxygen atoms in total. The molecule has 2 N–H and O–H groups in total. The summed E-state index contributed by atoms with van der Waals surface area (Å²) in [7, 11) is 0. The molecular formula is C15H23F5N4OS. The number of hydrogen-bond acceptors (Lipinski definition) is 6. The fourth-order valence-electron chi connectivity index (χ4n) is 2.60. The molecule has 0 bridgehead atoms. The smallest absolute Gasteiger partial charge is 0.335 e. The van der Waals surface area contributed by atoms with Gasteiger partial charge in [0, 0.05) is 17.3 Å². The Morgan fingerprint density at radius 2 is 1.69 bits per heavy atom. The summed E-state index contributed by atoms with van der Waals surface area (Å²) in [6, 6.07) is -0.497. The van der Waals surface area contributed by atoms with Crippen LogP contribution < -0.4 is 10.0 Å². The van der Waals surface area contributed by atoms with Crippen LogP contribution in [0.4, 0.5) is 28.0 Å². The van der Waals surface area contributed by atoms with E-state index >= 15 is 0 Å². The Balaban J connectivity index is 1.80. The molecule has 0 saturated heterocycles. The molecule has 0 aliphatic heterocycles. The first-order valence-corrected chi connectivity index (χ1v) is 9.16. The molecule has 1 fully saturated rings. The van der Waals surface area contributed by atoms with E-state index in [1.54, 1.807) is 11.9 Å². The maximum absolute atomic E-state index is 13.2. The Labute approximate surface area is 153 Å². The highest BCUT2D eigenvalue weighted by atomic mass is 32.2. The Bertz CT molecular complexity index is 579. The molecule has 11 heteroatoms. The molecule has 1 heterocycles. The Hall–Kier alpha value is -1.10. The third kappa shape index (κ3) is 5.70. The number of rotatable bonds is 6. The van der Waals surface area contributed by atoms with Crippen LogP contribution in [0.2, 0.25) is 0 Å². The Kier molecular flexibility index (Phi) is 6.42. The lowest BCUT2D eigenvalue weighted by atomic mass is 9.86. The molecule has 26 heavy (non-hydrogen) atoms. The highest BCUT2D eigenvalue weighted by molar-refractivity contribution is 7.98. The topological polar surface area (TPSA) is 63.0 Å². The summed E-state index contributed by atoms with van der Waals surface area (Å²) in [4.78, 5) is 3.16. The van der Waals surface area contributed by atoms with E-state index in [0.29, 0.717) is 5.92 Å². The first kappa shape index (κ1) is 21.2. The zero-order valence-corrected chi connectivity index (χ0v) is 15.6. The van der Waals surface area contributed by atoms with Gasteiger partial charge in [0.2, 0.25) is 0 Å². The van der Waals surface area contributed by atoms with Crippen LogP contribution in [-0.4, -0.2) is 33.7 Å². The number of nitrogens with one attached hydrogen (secondary N) is 2. The summed E-state index contributed by atoms with van der Waals surface area (Å²) in [6.45, 7) is 7.22. The number of aromatic nitrogens is 2. The molecule has 1 saturated carbocycles. The molecule has 1 aromatic heterocycles. The summed E-state index contributed by atoms with van der Waals surface area (Å²) in [6.07, 6.45) is -2.44. The highest BCUT2D eigenvalue weighted by Gasteiger charge is 2.62. The summed E-state index contributed by atoms with van der Waals surface area (Å²) >= 11 is 1.68. The van der Waals surface area contributed by atoms with Crippen molar-refractivity contribution in [2.24, 2.45) is 5.92 Å². The monoisotopic (exact) mass is 402 g/mol. The van der Waals surface area contributed by atoms with Crippen molar-refractivity contribution in [2.75, 3.05) is 11.9 Å². The molecule has 0 spiro atoms. The van der Waals surface area contributed by atoms with Crippen molar-refractivity contribution in [3.05, 3.63) is 5.82 Å². The normalized spacial score (nSPS) is 22.5. The van der Waals surface area contributed by atoms with E-state index in [-0.39, 0.29) is 10.8 Å². The van der Waals surface area contributed by atoms with Crippen LogP contribution in [0.3, 0.4) is 0 Å². The van der Waals surface area contributed by atoms with Crippen molar-refractivity contribution < 1.29 is 26.5 Å². The van der Waals surface area contributed by atoms with E-state index in [9.17, 15) is 22.0 Å². The number of nitrogens with zero attached hydrogens (tertiary/aromatic N) is 2. The lowest BCUT2D eigenvalue weighted by molar-refractivity contribution is -0.293. The minimum Gasteiger partial charge on any atom is -0.335 e. The molecule has 1 aliphatic carbocycles. The van der Waals surface area contributed by atoms with Crippen LogP contribution in [0.25, 0.3) is 0 Å². The number of hydrogen-bond donors (Lipinski definition) is 2. The molecule has 0 radical (unpaired) electrons. The van der Waals surface area contributed by atoms with Crippen LogP contribution in [-0.2, 0) is 5.92 Å². The third-order valence-electron chi connectivity index (χ3n) is 3.99. The molecule has 0 amide bonds. The third-order valence-corrected chi connectivity index (χ3v) is 4.91. The molecule has 150 valence electrons. The van der Waals surface area contributed by atoms with Crippen LogP contribution in [0.1, 0.15) is 52.3 Å². The van der Waals surface area contributed by atoms with Crippen molar-refractivity contribution in [1.82, 2.24) is 14.9 Å². The zero-order valence-electron chi connectivity index (χ0n) is 14.8. The van der Waals surface area contributed by atoms with Gasteiger partial charge in [0.1, 0.15) is 0 Å². The van der Waals surface area contributed by atoms with Gasteiger partial charge in [-0.3, -0.25) is 4.72 Å². The van der Waals surface area contributed by atoms with Gasteiger partial charge in [-0.1, -0.05) is 17.1 Å². The molecule has 0 atom stereocenters. The number of alkyl halides is 5. The van der Waals surface area contributed by atoms with Crippen molar-refractivity contribution in [3.8, 4) is 0 Å². The standard InChI is InChI=1S/C15H23F5N4OS/c1-13(2,3)26-21-8-9-4-6-10(7-5-9)22-12-23-11(24-25-12)14(16,17)15(18,19)20/h9-10,21H,4-8H2,1-3H3,(H,22,23,24). The van der Waals surface area contributed by atoms with Gasteiger partial charge in [0.25, 0.3) is 5.82 Å². The van der Waals surface area contributed by atoms with E-state index in [1.165, 1.54) is 0 Å². The van der Waals surface area contributed by atoms with Gasteiger partial charge in [-0.2, -0.15) is 26.9 Å². The van der Waals surface area contributed by atoms with Crippen molar-refractivity contribution in [1.29, 1.82) is 0 Å². The number of halogens is 5. The molecule has 1 aromatic rings. The maximum Gasteiger partial charge on any atom is 0.461 e. The van der Waals surface area contributed by atoms with Crippen LogP contribution in [0, 0.1) is 5.92 Å². The van der Waals surface area contributed by atoms with Gasteiger partial charge >= 0.3 is 18.1 Å². The van der Waals surface area contributed by atoms with Gasteiger partial charge in [-0.15, -0.1) is 0 Å². The quantitative estimate of drug-likeness (QED) is 0.530. The number of anilines is 1. The van der Waals surface area contributed by atoms with E-state index < -0.39 is 23.9 Å². The molecule has 0 unspecified atom stereocenters. The van der Waals surface area contributed by atoms with Gasteiger partial charge in [-0.05, 0) is 52.4 Å². The van der Waals surface area contributed by atoms with Crippen molar-refractivity contribution in [2.45, 2.75) is 69.3 Å². The van der Waals surface area contributed by atoms with Crippen molar-refractivity contribution >= 4 is 18.0 Å². The van der Waals surface area contributed by atoms with Gasteiger partial charge < -0.3 is 9.84 Å². The van der Waals surface area contributed by atoms with E-state index in [0.717, 1.165) is 32.2 Å². The van der Waals surface area contributed by atoms with Crippen LogP contribution in [0.15, 0.2) is 4.52 Å². The lowest BCUT2D eigenvalue weighted by Crippen LogP contribution is -2.34. The average Bonchev–Trinajstić information content (AvgIpc) is 2.96. The SMILES string of the molecule is CC(C)(C)SNCC1CCC(Nc2nc(C(F)(F)C(F)(F)F)no2)CC1. The summed E-state index contributed by atoms with van der Waals surface area (Å²) in [5.74, 6) is -6.31. The van der Waals surface area contributed by atoms with Crippen molar-refractivity contribution in [3.63, 3.8) is 0 Å². The van der Waals surface area contributed by atoms with Gasteiger partial charge in [0.15, 0.2) is 0 Å². The van der Waals surface area contributed by atoms with E-state index in [2.05, 4.69) is 45.5 Å². The first-order valence-electron chi connectivity index (χ1n) is 8.34. The molecular weight excluding hydrogens is 379 g/mol. The second-order valence-electron chi connectivity index (χ2n) is 7.42. The van der Waals surface area contributed by atoms with Gasteiger partial charge in [-0.25, -0.2) is 0 Å². The second-order valence-corrected chi connectivity index (χ2v) is 9.14. The summed E-state index contributed by atoms with van der Waals surface area (Å²) in [5, 5.41) is 5.53. The minimum absolute atomic E-state index is 0.0886. The average molecular weight is 402 g/mol. The second kappa shape index (κ2) is 7.87. The summed E-state index contributed by atoms with van der Waals surface area (Å²) in [5.41, 5.74) is 0. The first-order chi connectivity index (χ1) is 11.9. The molecule has 1 aliphatic rings. The highest BCUT2D eigenvalue weighted by Crippen LogP contribution is 2.42. The van der Waals surface area contributed by atoms with Crippen LogP contribution in [0.5, 0.6) is 0 Å². The Morgan fingerprint density at radius 1 is 1.08 bits per heavy atom. The van der Waals surface area contributed by atoms with Crippen LogP contribution >= 0.6 is 11.9 Å². The van der Waals surface area contributed by atoms with E-state index in [1.807, 2.05) is 0 Å². The molecule has 2 rings (SSSR count). The Morgan fingerprint density at radius 3 is 2.23 bits per heavy atom. The minimum atomic E-state index is -5.76. The zero-order chi connectivity index (χ0) is 19.6. The fourth-order valence-corrected chi connectivity index (χ4v) is 3.35.